The molecule has 1 heteroatoms. The molecule has 0 saturated carbocycles. The average molecular weight is 688 g/mol. The molecule has 0 unspecified atom stereocenters. The number of nitrogens with zero attached hydrogens (tertiary/aromatic N) is 1. The number of hydrogen-bond donors (Lipinski definition) is 0. The molecule has 0 aliphatic heterocycles. The van der Waals surface area contributed by atoms with Gasteiger partial charge in [-0.05, 0) is 109 Å². The van der Waals surface area contributed by atoms with Gasteiger partial charge in [0.15, 0.2) is 0 Å². The molecule has 0 fully saturated rings. The lowest BCUT2D eigenvalue weighted by Crippen LogP contribution is -2.28. The lowest BCUT2D eigenvalue weighted by Gasteiger charge is -2.35. The first-order chi connectivity index (χ1) is 26.8. The standard InChI is InChI=1S/C53H37N/c1-5-17-38(18-6-1)39-29-33-45(34-30-39)54(44-24-11-4-12-25-44)46-35-31-40(32-36-46)49-37-41-19-13-14-26-47(41)52-51(49)48-27-15-16-28-50(48)53(52,42-20-7-2-8-21-42)43-22-9-3-10-23-43/h1-37H. The molecule has 0 spiro atoms. The molecule has 9 aromatic rings. The van der Waals surface area contributed by atoms with Crippen LogP contribution in [-0.2, 0) is 5.41 Å². The van der Waals surface area contributed by atoms with E-state index in [1.165, 1.54) is 66.4 Å². The molecule has 9 aromatic carbocycles. The van der Waals surface area contributed by atoms with E-state index in [1.54, 1.807) is 0 Å². The quantitative estimate of drug-likeness (QED) is 0.161. The highest BCUT2D eigenvalue weighted by molar-refractivity contribution is 6.06. The van der Waals surface area contributed by atoms with Crippen LogP contribution in [0.2, 0.25) is 0 Å². The maximum Gasteiger partial charge on any atom is 0.0719 e. The first-order valence-electron chi connectivity index (χ1n) is 18.7. The Morgan fingerprint density at radius 2 is 0.796 bits per heavy atom. The summed E-state index contributed by atoms with van der Waals surface area (Å²) in [5, 5.41) is 2.52. The Labute approximate surface area is 317 Å². The Morgan fingerprint density at radius 1 is 0.333 bits per heavy atom. The van der Waals surface area contributed by atoms with E-state index in [0.717, 1.165) is 17.1 Å². The van der Waals surface area contributed by atoms with E-state index in [-0.39, 0.29) is 0 Å². The molecule has 0 aromatic heterocycles. The van der Waals surface area contributed by atoms with E-state index in [9.17, 15) is 0 Å². The zero-order chi connectivity index (χ0) is 35.9. The molecule has 0 amide bonds. The summed E-state index contributed by atoms with van der Waals surface area (Å²) in [5.41, 5.74) is 15.5. The summed E-state index contributed by atoms with van der Waals surface area (Å²) in [7, 11) is 0. The first kappa shape index (κ1) is 31.7. The lowest BCUT2D eigenvalue weighted by molar-refractivity contribution is 0.775. The third-order valence-corrected chi connectivity index (χ3v) is 11.1. The normalized spacial score (nSPS) is 12.6. The third kappa shape index (κ3) is 5.09. The Balaban J connectivity index is 1.17. The van der Waals surface area contributed by atoms with Crippen molar-refractivity contribution in [1.29, 1.82) is 0 Å². The van der Waals surface area contributed by atoms with Gasteiger partial charge in [0.25, 0.3) is 0 Å². The van der Waals surface area contributed by atoms with Crippen LogP contribution in [0, 0.1) is 0 Å². The van der Waals surface area contributed by atoms with Gasteiger partial charge in [0.1, 0.15) is 0 Å². The van der Waals surface area contributed by atoms with Gasteiger partial charge in [0.05, 0.1) is 5.41 Å². The van der Waals surface area contributed by atoms with Crippen molar-refractivity contribution in [1.82, 2.24) is 0 Å². The molecule has 1 aliphatic rings. The molecule has 0 heterocycles. The number of benzene rings is 9. The van der Waals surface area contributed by atoms with Crippen molar-refractivity contribution >= 4 is 27.8 Å². The zero-order valence-corrected chi connectivity index (χ0v) is 29.8. The van der Waals surface area contributed by atoms with Gasteiger partial charge in [-0.25, -0.2) is 0 Å². The minimum Gasteiger partial charge on any atom is -0.311 e. The summed E-state index contributed by atoms with van der Waals surface area (Å²) in [4.78, 5) is 2.34. The highest BCUT2D eigenvalue weighted by Gasteiger charge is 2.48. The van der Waals surface area contributed by atoms with E-state index in [0.29, 0.717) is 0 Å². The maximum atomic E-state index is 2.41. The molecule has 0 N–H and O–H groups in total. The predicted molar refractivity (Wildman–Crippen MR) is 227 cm³/mol. The number of para-hydroxylation sites is 1. The number of rotatable bonds is 7. The molecular formula is C53H37N. The molecular weight excluding hydrogens is 651 g/mol. The van der Waals surface area contributed by atoms with Crippen molar-refractivity contribution in [3.8, 4) is 33.4 Å². The van der Waals surface area contributed by atoms with E-state index < -0.39 is 5.41 Å². The van der Waals surface area contributed by atoms with Crippen molar-refractivity contribution in [2.75, 3.05) is 4.90 Å². The van der Waals surface area contributed by atoms with Gasteiger partial charge in [-0.3, -0.25) is 0 Å². The molecule has 1 nitrogen and oxygen atoms in total. The fourth-order valence-electron chi connectivity index (χ4n) is 8.80. The van der Waals surface area contributed by atoms with Crippen molar-refractivity contribution in [2.24, 2.45) is 0 Å². The maximum absolute atomic E-state index is 2.41. The van der Waals surface area contributed by atoms with Gasteiger partial charge in [0.2, 0.25) is 0 Å². The van der Waals surface area contributed by atoms with Gasteiger partial charge in [-0.2, -0.15) is 0 Å². The Bertz CT molecular complexity index is 2680. The molecule has 0 bridgehead atoms. The minimum atomic E-state index is -0.486. The van der Waals surface area contributed by atoms with E-state index in [1.807, 2.05) is 0 Å². The fraction of sp³-hybridized carbons (Fsp3) is 0.0189. The molecule has 0 atom stereocenters. The summed E-state index contributed by atoms with van der Waals surface area (Å²) >= 11 is 0. The van der Waals surface area contributed by atoms with Crippen LogP contribution in [-0.4, -0.2) is 0 Å². The van der Waals surface area contributed by atoms with Gasteiger partial charge < -0.3 is 4.90 Å². The first-order valence-corrected chi connectivity index (χ1v) is 18.7. The molecule has 1 aliphatic carbocycles. The second-order valence-electron chi connectivity index (χ2n) is 14.1. The Kier molecular flexibility index (Phi) is 7.78. The van der Waals surface area contributed by atoms with Crippen LogP contribution in [0.4, 0.5) is 17.1 Å². The zero-order valence-electron chi connectivity index (χ0n) is 29.8. The van der Waals surface area contributed by atoms with Crippen molar-refractivity contribution < 1.29 is 0 Å². The predicted octanol–water partition coefficient (Wildman–Crippen LogP) is 14.0. The van der Waals surface area contributed by atoms with Gasteiger partial charge in [-0.15, -0.1) is 0 Å². The highest BCUT2D eigenvalue weighted by atomic mass is 15.1. The number of anilines is 3. The second kappa shape index (κ2) is 13.2. The fourth-order valence-corrected chi connectivity index (χ4v) is 8.80. The van der Waals surface area contributed by atoms with Crippen LogP contribution in [0.15, 0.2) is 224 Å². The van der Waals surface area contributed by atoms with Crippen molar-refractivity contribution in [3.63, 3.8) is 0 Å². The van der Waals surface area contributed by atoms with Crippen LogP contribution < -0.4 is 4.90 Å². The monoisotopic (exact) mass is 687 g/mol. The minimum absolute atomic E-state index is 0.486. The molecule has 54 heavy (non-hydrogen) atoms. The summed E-state index contributed by atoms with van der Waals surface area (Å²) in [6.07, 6.45) is 0. The third-order valence-electron chi connectivity index (χ3n) is 11.1. The second-order valence-corrected chi connectivity index (χ2v) is 14.1. The van der Waals surface area contributed by atoms with E-state index in [2.05, 4.69) is 229 Å². The average Bonchev–Trinajstić information content (AvgIpc) is 3.58. The topological polar surface area (TPSA) is 3.24 Å². The summed E-state index contributed by atoms with van der Waals surface area (Å²) in [5.74, 6) is 0. The van der Waals surface area contributed by atoms with Crippen LogP contribution in [0.25, 0.3) is 44.2 Å². The lowest BCUT2D eigenvalue weighted by atomic mass is 9.66. The van der Waals surface area contributed by atoms with Gasteiger partial charge >= 0.3 is 0 Å². The van der Waals surface area contributed by atoms with E-state index in [4.69, 9.17) is 0 Å². The van der Waals surface area contributed by atoms with Crippen LogP contribution in [0.1, 0.15) is 22.3 Å². The van der Waals surface area contributed by atoms with Gasteiger partial charge in [-0.1, -0.05) is 182 Å². The molecule has 10 rings (SSSR count). The summed E-state index contributed by atoms with van der Waals surface area (Å²) in [6, 6.07) is 81.9. The summed E-state index contributed by atoms with van der Waals surface area (Å²) in [6.45, 7) is 0. The largest absolute Gasteiger partial charge is 0.311 e. The smallest absolute Gasteiger partial charge is 0.0719 e. The van der Waals surface area contributed by atoms with E-state index >= 15 is 0 Å². The van der Waals surface area contributed by atoms with Crippen LogP contribution in [0.5, 0.6) is 0 Å². The molecule has 0 saturated heterocycles. The van der Waals surface area contributed by atoms with Crippen LogP contribution in [0.3, 0.4) is 0 Å². The Morgan fingerprint density at radius 3 is 1.43 bits per heavy atom. The molecule has 0 radical (unpaired) electrons. The number of fused-ring (bicyclic) bond motifs is 5. The Hall–Kier alpha value is -6.96. The SMILES string of the molecule is c1ccc(-c2ccc(N(c3ccccc3)c3ccc(-c4cc5ccccc5c5c4-c4ccccc4C5(c4ccccc4)c4ccccc4)cc3)cc2)cc1. The van der Waals surface area contributed by atoms with Crippen LogP contribution >= 0.6 is 0 Å². The summed E-state index contributed by atoms with van der Waals surface area (Å²) < 4.78 is 0. The van der Waals surface area contributed by atoms with Crippen molar-refractivity contribution in [2.45, 2.75) is 5.41 Å². The number of hydrogen-bond acceptors (Lipinski definition) is 1. The highest BCUT2D eigenvalue weighted by Crippen LogP contribution is 2.60. The molecule has 254 valence electrons. The van der Waals surface area contributed by atoms with Crippen molar-refractivity contribution in [3.05, 3.63) is 247 Å². The van der Waals surface area contributed by atoms with Gasteiger partial charge in [0, 0.05) is 17.1 Å².